The highest BCUT2D eigenvalue weighted by molar-refractivity contribution is 7.37. The Morgan fingerprint density at radius 1 is 1.06 bits per heavy atom. The molecule has 4 aromatic rings. The first-order chi connectivity index (χ1) is 8.92. The van der Waals surface area contributed by atoms with Crippen LogP contribution in [0.1, 0.15) is 11.3 Å². The van der Waals surface area contributed by atoms with Gasteiger partial charge in [0.2, 0.25) is 0 Å². The van der Waals surface area contributed by atoms with Crippen LogP contribution in [0.3, 0.4) is 0 Å². The molecule has 0 bridgehead atoms. The number of hydrogen-bond acceptors (Lipinski definition) is 3. The molecule has 18 heavy (non-hydrogen) atoms. The van der Waals surface area contributed by atoms with Crippen molar-refractivity contribution in [2.24, 2.45) is 0 Å². The van der Waals surface area contributed by atoms with Crippen LogP contribution in [0.2, 0.25) is 0 Å². The molecule has 5 rings (SSSR count). The van der Waals surface area contributed by atoms with Crippen LogP contribution in [-0.4, -0.2) is 0 Å². The maximum absolute atomic E-state index is 6.03. The standard InChI is InChI=1S/C15H8OS2/c1-2-4-11-9(3-1)14-10-7-18-15-13(10)8(6-17-15)5-12(14)16-11/h1-4,6-7H,5H2. The van der Waals surface area contributed by atoms with Gasteiger partial charge in [0.1, 0.15) is 11.3 Å². The molecule has 3 heterocycles. The number of rotatable bonds is 0. The Labute approximate surface area is 111 Å². The van der Waals surface area contributed by atoms with Crippen LogP contribution >= 0.6 is 22.7 Å². The summed E-state index contributed by atoms with van der Waals surface area (Å²) in [5.74, 6) is 1.13. The van der Waals surface area contributed by atoms with Crippen molar-refractivity contribution in [3.63, 3.8) is 0 Å². The predicted octanol–water partition coefficient (Wildman–Crippen LogP) is 5.28. The lowest BCUT2D eigenvalue weighted by atomic mass is 9.93. The lowest BCUT2D eigenvalue weighted by molar-refractivity contribution is 0.564. The predicted molar refractivity (Wildman–Crippen MR) is 77.7 cm³/mol. The minimum atomic E-state index is 0.938. The number of hydrogen-bond donors (Lipinski definition) is 0. The highest BCUT2D eigenvalue weighted by Crippen LogP contribution is 2.48. The van der Waals surface area contributed by atoms with E-state index in [0.29, 0.717) is 0 Å². The molecule has 0 fully saturated rings. The molecule has 0 radical (unpaired) electrons. The van der Waals surface area contributed by atoms with E-state index < -0.39 is 0 Å². The number of benzene rings is 1. The van der Waals surface area contributed by atoms with Gasteiger partial charge in [-0.05, 0) is 17.0 Å². The number of furan rings is 1. The lowest BCUT2D eigenvalue weighted by Crippen LogP contribution is -1.93. The molecule has 0 aliphatic heterocycles. The van der Waals surface area contributed by atoms with Crippen molar-refractivity contribution in [1.29, 1.82) is 0 Å². The van der Waals surface area contributed by atoms with E-state index >= 15 is 0 Å². The summed E-state index contributed by atoms with van der Waals surface area (Å²) in [5, 5.41) is 7.28. The second kappa shape index (κ2) is 3.05. The molecule has 0 unspecified atom stereocenters. The smallest absolute Gasteiger partial charge is 0.134 e. The zero-order valence-electron chi connectivity index (χ0n) is 9.40. The Kier molecular flexibility index (Phi) is 1.59. The highest BCUT2D eigenvalue weighted by Gasteiger charge is 2.26. The van der Waals surface area contributed by atoms with Crippen LogP contribution < -0.4 is 0 Å². The Morgan fingerprint density at radius 3 is 2.94 bits per heavy atom. The fraction of sp³-hybridized carbons (Fsp3) is 0.0667. The molecule has 3 aromatic heterocycles. The zero-order valence-corrected chi connectivity index (χ0v) is 11.0. The van der Waals surface area contributed by atoms with E-state index in [4.69, 9.17) is 4.42 Å². The molecule has 0 saturated heterocycles. The summed E-state index contributed by atoms with van der Waals surface area (Å²) in [6.45, 7) is 0. The normalized spacial score (nSPS) is 13.3. The quantitative estimate of drug-likeness (QED) is 0.372. The second-order valence-electron chi connectivity index (χ2n) is 4.65. The van der Waals surface area contributed by atoms with Crippen LogP contribution in [0.4, 0.5) is 0 Å². The van der Waals surface area contributed by atoms with Crippen molar-refractivity contribution < 1.29 is 4.42 Å². The van der Waals surface area contributed by atoms with E-state index in [9.17, 15) is 0 Å². The second-order valence-corrected chi connectivity index (χ2v) is 6.66. The SMILES string of the molecule is c1ccc2c3c(oc2c1)Cc1csc2scc-3c12. The first-order valence-corrected chi connectivity index (χ1v) is 7.66. The molecule has 0 spiro atoms. The van der Waals surface area contributed by atoms with E-state index in [-0.39, 0.29) is 0 Å². The molecule has 86 valence electrons. The largest absolute Gasteiger partial charge is 0.460 e. The van der Waals surface area contributed by atoms with E-state index in [1.807, 2.05) is 28.7 Å². The third-order valence-electron chi connectivity index (χ3n) is 3.68. The van der Waals surface area contributed by atoms with Gasteiger partial charge in [-0.1, -0.05) is 18.2 Å². The topological polar surface area (TPSA) is 13.1 Å². The average Bonchev–Trinajstić information content (AvgIpc) is 3.06. The molecule has 1 aromatic carbocycles. The zero-order chi connectivity index (χ0) is 11.7. The molecule has 1 nitrogen and oxygen atoms in total. The Balaban J connectivity index is 2.03. The first kappa shape index (κ1) is 9.36. The van der Waals surface area contributed by atoms with Gasteiger partial charge in [0, 0.05) is 33.7 Å². The van der Waals surface area contributed by atoms with Gasteiger partial charge in [0.05, 0.1) is 4.01 Å². The minimum Gasteiger partial charge on any atom is -0.460 e. The number of fused-ring (bicyclic) bond motifs is 4. The van der Waals surface area contributed by atoms with Crippen LogP contribution in [0.5, 0.6) is 0 Å². The van der Waals surface area contributed by atoms with E-state index in [0.717, 1.165) is 17.8 Å². The first-order valence-electron chi connectivity index (χ1n) is 5.90. The monoisotopic (exact) mass is 268 g/mol. The maximum atomic E-state index is 6.03. The molecule has 0 amide bonds. The summed E-state index contributed by atoms with van der Waals surface area (Å²) in [6, 6.07) is 8.35. The summed E-state index contributed by atoms with van der Waals surface area (Å²) in [7, 11) is 0. The van der Waals surface area contributed by atoms with Crippen molar-refractivity contribution in [3.05, 3.63) is 46.3 Å². The summed E-state index contributed by atoms with van der Waals surface area (Å²) < 4.78 is 7.47. The van der Waals surface area contributed by atoms with E-state index in [2.05, 4.69) is 29.0 Å². The van der Waals surface area contributed by atoms with Gasteiger partial charge in [-0.2, -0.15) is 0 Å². The number of para-hydroxylation sites is 1. The molecule has 3 heteroatoms. The van der Waals surface area contributed by atoms with Crippen LogP contribution in [-0.2, 0) is 6.42 Å². The molecular weight excluding hydrogens is 260 g/mol. The lowest BCUT2D eigenvalue weighted by Gasteiger charge is -2.08. The van der Waals surface area contributed by atoms with Crippen LogP contribution in [0, 0.1) is 0 Å². The van der Waals surface area contributed by atoms with E-state index in [1.165, 1.54) is 31.5 Å². The Bertz CT molecular complexity index is 907. The highest BCUT2D eigenvalue weighted by atomic mass is 32.2. The molecular formula is C15H8OS2. The third kappa shape index (κ3) is 0.982. The van der Waals surface area contributed by atoms with Gasteiger partial charge < -0.3 is 4.42 Å². The molecule has 1 aliphatic rings. The Morgan fingerprint density at radius 2 is 1.94 bits per heavy atom. The molecule has 1 aliphatic carbocycles. The average molecular weight is 268 g/mol. The van der Waals surface area contributed by atoms with Crippen LogP contribution in [0.25, 0.3) is 31.5 Å². The minimum absolute atomic E-state index is 0.938. The summed E-state index contributed by atoms with van der Waals surface area (Å²) in [4.78, 5) is 0. The van der Waals surface area contributed by atoms with Crippen LogP contribution in [0.15, 0.2) is 39.4 Å². The number of thiophene rings is 2. The van der Waals surface area contributed by atoms with Crippen molar-refractivity contribution in [2.75, 3.05) is 0 Å². The van der Waals surface area contributed by atoms with E-state index in [1.54, 1.807) is 0 Å². The van der Waals surface area contributed by atoms with Crippen molar-refractivity contribution in [1.82, 2.24) is 0 Å². The summed E-state index contributed by atoms with van der Waals surface area (Å²) in [6.07, 6.45) is 0.938. The fourth-order valence-electron chi connectivity index (χ4n) is 2.92. The van der Waals surface area contributed by atoms with Gasteiger partial charge in [0.25, 0.3) is 0 Å². The van der Waals surface area contributed by atoms with Gasteiger partial charge >= 0.3 is 0 Å². The summed E-state index contributed by atoms with van der Waals surface area (Å²) in [5.41, 5.74) is 5.13. The third-order valence-corrected chi connectivity index (χ3v) is 5.85. The van der Waals surface area contributed by atoms with Gasteiger partial charge in [-0.25, -0.2) is 0 Å². The van der Waals surface area contributed by atoms with Gasteiger partial charge in [-0.15, -0.1) is 22.7 Å². The maximum Gasteiger partial charge on any atom is 0.134 e. The fourth-order valence-corrected chi connectivity index (χ4v) is 5.06. The summed E-state index contributed by atoms with van der Waals surface area (Å²) >= 11 is 3.71. The molecule has 0 atom stereocenters. The van der Waals surface area contributed by atoms with Gasteiger partial charge in [0.15, 0.2) is 0 Å². The molecule has 0 saturated carbocycles. The van der Waals surface area contributed by atoms with Gasteiger partial charge in [-0.3, -0.25) is 0 Å². The van der Waals surface area contributed by atoms with Crippen molar-refractivity contribution in [3.8, 4) is 11.1 Å². The Hall–Kier alpha value is -1.58. The van der Waals surface area contributed by atoms with Crippen molar-refractivity contribution >= 4 is 43.0 Å². The van der Waals surface area contributed by atoms with Crippen molar-refractivity contribution in [2.45, 2.75) is 6.42 Å². The molecule has 0 N–H and O–H groups in total.